The lowest BCUT2D eigenvalue weighted by molar-refractivity contribution is -0.497. The van der Waals surface area contributed by atoms with Crippen LogP contribution in [0.1, 0.15) is 5.56 Å². The van der Waals surface area contributed by atoms with E-state index in [-0.39, 0.29) is 18.0 Å². The van der Waals surface area contributed by atoms with Crippen LogP contribution in [0.5, 0.6) is 11.5 Å². The van der Waals surface area contributed by atoms with Crippen LogP contribution in [0, 0.1) is 21.7 Å². The summed E-state index contributed by atoms with van der Waals surface area (Å²) in [6, 6.07) is 8.00. The Labute approximate surface area is 121 Å². The average Bonchev–Trinajstić information content (AvgIpc) is 2.38. The van der Waals surface area contributed by atoms with Crippen molar-refractivity contribution in [2.45, 2.75) is 6.54 Å². The van der Waals surface area contributed by atoms with E-state index in [1.807, 2.05) is 0 Å². The predicted molar refractivity (Wildman–Crippen MR) is 71.3 cm³/mol. The van der Waals surface area contributed by atoms with Gasteiger partial charge in [0.2, 0.25) is 12.4 Å². The first-order valence-electron chi connectivity index (χ1n) is 5.49. The van der Waals surface area contributed by atoms with Crippen molar-refractivity contribution in [3.05, 3.63) is 68.2 Å². The summed E-state index contributed by atoms with van der Waals surface area (Å²) in [5.74, 6) is -2.10. The van der Waals surface area contributed by atoms with Crippen molar-refractivity contribution >= 4 is 15.9 Å². The van der Waals surface area contributed by atoms with Crippen LogP contribution < -0.4 is 4.74 Å². The first-order valence-corrected chi connectivity index (χ1v) is 6.29. The molecule has 0 bridgehead atoms. The summed E-state index contributed by atoms with van der Waals surface area (Å²) < 4.78 is 32.1. The largest absolute Gasteiger partial charge is 0.454 e. The Morgan fingerprint density at radius 1 is 1.25 bits per heavy atom. The second kappa shape index (κ2) is 5.96. The molecule has 4 nitrogen and oxygen atoms in total. The van der Waals surface area contributed by atoms with Gasteiger partial charge in [0.15, 0.2) is 11.6 Å². The molecule has 0 fully saturated rings. The second-order valence-electron chi connectivity index (χ2n) is 3.90. The molecule has 0 heterocycles. The van der Waals surface area contributed by atoms with E-state index in [9.17, 15) is 18.9 Å². The minimum atomic E-state index is -1.09. The molecule has 2 aromatic carbocycles. The molecule has 0 radical (unpaired) electrons. The van der Waals surface area contributed by atoms with Crippen LogP contribution in [0.4, 0.5) is 8.78 Å². The van der Waals surface area contributed by atoms with Gasteiger partial charge in [0.05, 0.1) is 0 Å². The third-order valence-corrected chi connectivity index (χ3v) is 3.21. The number of hydrogen-bond donors (Lipinski definition) is 0. The SMILES string of the molecule is O=[N+]([O-])Cc1ccc(Oc2cccc(F)c2F)cc1Br. The monoisotopic (exact) mass is 343 g/mol. The van der Waals surface area contributed by atoms with Gasteiger partial charge in [-0.05, 0) is 30.3 Å². The Balaban J connectivity index is 2.24. The fourth-order valence-corrected chi connectivity index (χ4v) is 2.03. The van der Waals surface area contributed by atoms with Crippen LogP contribution in [0.3, 0.4) is 0 Å². The number of ether oxygens (including phenoxy) is 1. The first kappa shape index (κ1) is 14.4. The zero-order chi connectivity index (χ0) is 14.7. The average molecular weight is 344 g/mol. The molecule has 0 aliphatic heterocycles. The third-order valence-electron chi connectivity index (χ3n) is 2.47. The Morgan fingerprint density at radius 3 is 2.65 bits per heavy atom. The summed E-state index contributed by atoms with van der Waals surface area (Å²) in [5.41, 5.74) is 0.460. The number of nitro groups is 1. The number of rotatable bonds is 4. The number of halogens is 3. The van der Waals surface area contributed by atoms with Gasteiger partial charge in [-0.15, -0.1) is 0 Å². The molecule has 0 aromatic heterocycles. The minimum absolute atomic E-state index is 0.244. The molecule has 0 unspecified atom stereocenters. The van der Waals surface area contributed by atoms with E-state index in [1.54, 1.807) is 0 Å². The zero-order valence-corrected chi connectivity index (χ0v) is 11.6. The van der Waals surface area contributed by atoms with Crippen molar-refractivity contribution < 1.29 is 18.4 Å². The quantitative estimate of drug-likeness (QED) is 0.614. The van der Waals surface area contributed by atoms with Crippen molar-refractivity contribution in [1.29, 1.82) is 0 Å². The maximum atomic E-state index is 13.4. The van der Waals surface area contributed by atoms with Gasteiger partial charge < -0.3 is 4.74 Å². The summed E-state index contributed by atoms with van der Waals surface area (Å²) in [7, 11) is 0. The van der Waals surface area contributed by atoms with Crippen LogP contribution in [0.2, 0.25) is 0 Å². The molecule has 20 heavy (non-hydrogen) atoms. The van der Waals surface area contributed by atoms with Gasteiger partial charge in [-0.25, -0.2) is 4.39 Å². The summed E-state index contributed by atoms with van der Waals surface area (Å²) in [6.07, 6.45) is 0. The molecule has 7 heteroatoms. The molecule has 0 aliphatic carbocycles. The van der Waals surface area contributed by atoms with Crippen LogP contribution in [0.25, 0.3) is 0 Å². The van der Waals surface area contributed by atoms with E-state index in [4.69, 9.17) is 4.74 Å². The van der Waals surface area contributed by atoms with Gasteiger partial charge in [0, 0.05) is 15.0 Å². The van der Waals surface area contributed by atoms with Gasteiger partial charge in [-0.3, -0.25) is 10.1 Å². The van der Waals surface area contributed by atoms with Crippen LogP contribution in [-0.4, -0.2) is 4.92 Å². The third kappa shape index (κ3) is 3.30. The van der Waals surface area contributed by atoms with E-state index < -0.39 is 16.6 Å². The summed E-state index contributed by atoms with van der Waals surface area (Å²) in [5, 5.41) is 10.4. The fourth-order valence-electron chi connectivity index (χ4n) is 1.55. The topological polar surface area (TPSA) is 52.4 Å². The van der Waals surface area contributed by atoms with Gasteiger partial charge in [0.1, 0.15) is 5.75 Å². The highest BCUT2D eigenvalue weighted by Gasteiger charge is 2.12. The Hall–Kier alpha value is -2.02. The van der Waals surface area contributed by atoms with Crippen LogP contribution in [0.15, 0.2) is 40.9 Å². The van der Waals surface area contributed by atoms with E-state index in [0.29, 0.717) is 10.0 Å². The molecule has 0 saturated carbocycles. The molecule has 0 amide bonds. The highest BCUT2D eigenvalue weighted by atomic mass is 79.9. The maximum absolute atomic E-state index is 13.4. The summed E-state index contributed by atoms with van der Waals surface area (Å²) >= 11 is 3.17. The zero-order valence-electron chi connectivity index (χ0n) is 9.98. The van der Waals surface area contributed by atoms with Crippen molar-refractivity contribution in [1.82, 2.24) is 0 Å². The molecule has 104 valence electrons. The minimum Gasteiger partial charge on any atom is -0.454 e. The molecule has 0 spiro atoms. The molecule has 0 saturated heterocycles. The van der Waals surface area contributed by atoms with Gasteiger partial charge in [0.25, 0.3) is 0 Å². The lowest BCUT2D eigenvalue weighted by Gasteiger charge is -2.08. The maximum Gasteiger partial charge on any atom is 0.230 e. The standard InChI is InChI=1S/C13H8BrF2NO3/c14-10-6-9(5-4-8(10)7-17(18)19)20-12-3-1-2-11(15)13(12)16/h1-6H,7H2. The Bertz CT molecular complexity index is 664. The molecule has 0 aliphatic rings. The summed E-state index contributed by atoms with van der Waals surface area (Å²) in [6.45, 7) is -0.338. The van der Waals surface area contributed by atoms with E-state index in [1.165, 1.54) is 30.3 Å². The smallest absolute Gasteiger partial charge is 0.230 e. The van der Waals surface area contributed by atoms with Crippen molar-refractivity contribution in [2.75, 3.05) is 0 Å². The number of nitrogens with zero attached hydrogens (tertiary/aromatic N) is 1. The highest BCUT2D eigenvalue weighted by Crippen LogP contribution is 2.29. The van der Waals surface area contributed by atoms with Gasteiger partial charge in [-0.1, -0.05) is 22.0 Å². The fraction of sp³-hybridized carbons (Fsp3) is 0.0769. The van der Waals surface area contributed by atoms with Crippen LogP contribution >= 0.6 is 15.9 Å². The van der Waals surface area contributed by atoms with E-state index >= 15 is 0 Å². The van der Waals surface area contributed by atoms with Crippen LogP contribution in [-0.2, 0) is 6.54 Å². The molecule has 0 atom stereocenters. The number of hydrogen-bond acceptors (Lipinski definition) is 3. The Kier molecular flexibility index (Phi) is 4.29. The highest BCUT2D eigenvalue weighted by molar-refractivity contribution is 9.10. The van der Waals surface area contributed by atoms with Crippen molar-refractivity contribution in [3.8, 4) is 11.5 Å². The lowest BCUT2D eigenvalue weighted by Crippen LogP contribution is -1.99. The lowest BCUT2D eigenvalue weighted by atomic mass is 10.2. The predicted octanol–water partition coefficient (Wildman–Crippen LogP) is 4.30. The van der Waals surface area contributed by atoms with Crippen molar-refractivity contribution in [2.24, 2.45) is 0 Å². The molecular weight excluding hydrogens is 336 g/mol. The van der Waals surface area contributed by atoms with Gasteiger partial charge >= 0.3 is 0 Å². The molecule has 2 aromatic rings. The first-order chi connectivity index (χ1) is 9.47. The Morgan fingerprint density at radius 2 is 2.00 bits per heavy atom. The summed E-state index contributed by atoms with van der Waals surface area (Å²) in [4.78, 5) is 9.98. The normalized spacial score (nSPS) is 10.3. The van der Waals surface area contributed by atoms with Gasteiger partial charge in [-0.2, -0.15) is 4.39 Å². The van der Waals surface area contributed by atoms with Crippen molar-refractivity contribution in [3.63, 3.8) is 0 Å². The van der Waals surface area contributed by atoms with E-state index in [0.717, 1.165) is 6.07 Å². The number of benzene rings is 2. The van der Waals surface area contributed by atoms with E-state index in [2.05, 4.69) is 15.9 Å². The molecule has 2 rings (SSSR count). The second-order valence-corrected chi connectivity index (χ2v) is 4.75. The molecule has 0 N–H and O–H groups in total. The molecular formula is C13H8BrF2NO3.